The Kier molecular flexibility index (Phi) is 7.37. The molecular formula is C24H22N2O5. The number of hydrogen-bond donors (Lipinski definition) is 1. The molecule has 7 nitrogen and oxygen atoms in total. The Bertz CT molecular complexity index is 1060. The Morgan fingerprint density at radius 3 is 2.23 bits per heavy atom. The van der Waals surface area contributed by atoms with Crippen molar-refractivity contribution in [2.24, 2.45) is 5.10 Å². The number of nitrogens with zero attached hydrogens (tertiary/aromatic N) is 1. The van der Waals surface area contributed by atoms with Crippen LogP contribution in [0.2, 0.25) is 0 Å². The molecule has 0 atom stereocenters. The summed E-state index contributed by atoms with van der Waals surface area (Å²) in [6, 6.07) is 20.9. The second kappa shape index (κ2) is 10.6. The number of esters is 1. The van der Waals surface area contributed by atoms with Gasteiger partial charge in [-0.3, -0.25) is 4.79 Å². The minimum atomic E-state index is -0.413. The standard InChI is InChI=1S/C24H22N2O5/c1-17-5-3-4-6-22(17)24(28)31-21-9-7-18(8-10-21)15-25-26-23(27)16-30-20-13-11-19(29-2)12-14-20/h3-15H,16H2,1-2H3,(H,26,27). The lowest BCUT2D eigenvalue weighted by Gasteiger charge is -2.07. The summed E-state index contributed by atoms with van der Waals surface area (Å²) in [4.78, 5) is 24.1. The van der Waals surface area contributed by atoms with Crippen LogP contribution in [0.3, 0.4) is 0 Å². The van der Waals surface area contributed by atoms with Crippen LogP contribution in [0.15, 0.2) is 77.9 Å². The van der Waals surface area contributed by atoms with Crippen LogP contribution in [-0.2, 0) is 4.79 Å². The molecule has 0 aliphatic heterocycles. The second-order valence-electron chi connectivity index (χ2n) is 6.53. The molecule has 0 bridgehead atoms. The molecule has 3 rings (SSSR count). The smallest absolute Gasteiger partial charge is 0.343 e. The molecule has 0 aliphatic carbocycles. The lowest BCUT2D eigenvalue weighted by molar-refractivity contribution is -0.123. The van der Waals surface area contributed by atoms with Gasteiger partial charge in [0.15, 0.2) is 6.61 Å². The number of amides is 1. The Hall–Kier alpha value is -4.13. The SMILES string of the molecule is COc1ccc(OCC(=O)NN=Cc2ccc(OC(=O)c3ccccc3C)cc2)cc1. The molecule has 0 saturated heterocycles. The van der Waals surface area contributed by atoms with Crippen LogP contribution < -0.4 is 19.6 Å². The zero-order valence-corrected chi connectivity index (χ0v) is 17.2. The van der Waals surface area contributed by atoms with Gasteiger partial charge in [0.05, 0.1) is 18.9 Å². The van der Waals surface area contributed by atoms with E-state index >= 15 is 0 Å². The number of rotatable bonds is 8. The van der Waals surface area contributed by atoms with Crippen molar-refractivity contribution in [2.75, 3.05) is 13.7 Å². The van der Waals surface area contributed by atoms with Crippen LogP contribution in [-0.4, -0.2) is 31.8 Å². The van der Waals surface area contributed by atoms with E-state index in [4.69, 9.17) is 14.2 Å². The third-order valence-electron chi connectivity index (χ3n) is 4.29. The molecule has 0 unspecified atom stereocenters. The average molecular weight is 418 g/mol. The van der Waals surface area contributed by atoms with Gasteiger partial charge in [-0.25, -0.2) is 10.2 Å². The highest BCUT2D eigenvalue weighted by molar-refractivity contribution is 5.92. The van der Waals surface area contributed by atoms with Crippen molar-refractivity contribution in [3.63, 3.8) is 0 Å². The number of hydrogen-bond acceptors (Lipinski definition) is 6. The van der Waals surface area contributed by atoms with E-state index < -0.39 is 11.9 Å². The summed E-state index contributed by atoms with van der Waals surface area (Å²) >= 11 is 0. The first-order chi connectivity index (χ1) is 15.0. The predicted octanol–water partition coefficient (Wildman–Crippen LogP) is 3.75. The molecule has 0 saturated carbocycles. The molecule has 0 spiro atoms. The molecule has 0 aromatic heterocycles. The fourth-order valence-electron chi connectivity index (χ4n) is 2.62. The van der Waals surface area contributed by atoms with Gasteiger partial charge >= 0.3 is 5.97 Å². The number of ether oxygens (including phenoxy) is 3. The lowest BCUT2D eigenvalue weighted by atomic mass is 10.1. The topological polar surface area (TPSA) is 86.2 Å². The number of benzene rings is 3. The van der Waals surface area contributed by atoms with Gasteiger partial charge in [0.1, 0.15) is 17.2 Å². The number of hydrazone groups is 1. The van der Waals surface area contributed by atoms with Gasteiger partial charge in [-0.15, -0.1) is 0 Å². The summed E-state index contributed by atoms with van der Waals surface area (Å²) in [5, 5.41) is 3.90. The number of aryl methyl sites for hydroxylation is 1. The molecule has 0 heterocycles. The summed E-state index contributed by atoms with van der Waals surface area (Å²) in [5.41, 5.74) is 4.49. The highest BCUT2D eigenvalue weighted by Crippen LogP contribution is 2.17. The van der Waals surface area contributed by atoms with Crippen LogP contribution in [0.25, 0.3) is 0 Å². The summed E-state index contributed by atoms with van der Waals surface area (Å²) in [6.45, 7) is 1.68. The highest BCUT2D eigenvalue weighted by Gasteiger charge is 2.10. The number of carbonyl (C=O) groups is 2. The zero-order valence-electron chi connectivity index (χ0n) is 17.2. The Labute approximate surface area is 180 Å². The van der Waals surface area contributed by atoms with E-state index in [1.165, 1.54) is 6.21 Å². The van der Waals surface area contributed by atoms with Crippen molar-refractivity contribution in [3.05, 3.63) is 89.5 Å². The van der Waals surface area contributed by atoms with E-state index in [9.17, 15) is 9.59 Å². The highest BCUT2D eigenvalue weighted by atomic mass is 16.5. The molecule has 0 radical (unpaired) electrons. The van der Waals surface area contributed by atoms with Gasteiger partial charge in [0.2, 0.25) is 0 Å². The van der Waals surface area contributed by atoms with Crippen molar-refractivity contribution in [2.45, 2.75) is 6.92 Å². The molecular weight excluding hydrogens is 396 g/mol. The Balaban J connectivity index is 1.46. The van der Waals surface area contributed by atoms with Crippen LogP contribution in [0.5, 0.6) is 17.2 Å². The Morgan fingerprint density at radius 2 is 1.55 bits per heavy atom. The quantitative estimate of drug-likeness (QED) is 0.261. The molecule has 0 aliphatic rings. The normalized spacial score (nSPS) is 10.5. The average Bonchev–Trinajstić information content (AvgIpc) is 2.79. The van der Waals surface area contributed by atoms with E-state index in [1.807, 2.05) is 19.1 Å². The number of methoxy groups -OCH3 is 1. The van der Waals surface area contributed by atoms with Crippen LogP contribution >= 0.6 is 0 Å². The van der Waals surface area contributed by atoms with Gasteiger partial charge in [0.25, 0.3) is 5.91 Å². The molecule has 7 heteroatoms. The molecule has 158 valence electrons. The first-order valence-corrected chi connectivity index (χ1v) is 9.52. The second-order valence-corrected chi connectivity index (χ2v) is 6.53. The summed E-state index contributed by atoms with van der Waals surface area (Å²) in [5.74, 6) is 0.870. The Morgan fingerprint density at radius 1 is 0.903 bits per heavy atom. The van der Waals surface area contributed by atoms with Crippen molar-refractivity contribution in [1.82, 2.24) is 5.43 Å². The van der Waals surface area contributed by atoms with Crippen LogP contribution in [0.1, 0.15) is 21.5 Å². The van der Waals surface area contributed by atoms with E-state index in [1.54, 1.807) is 67.8 Å². The van der Waals surface area contributed by atoms with Gasteiger partial charge < -0.3 is 14.2 Å². The summed E-state index contributed by atoms with van der Waals surface area (Å²) < 4.78 is 15.8. The molecule has 31 heavy (non-hydrogen) atoms. The van der Waals surface area contributed by atoms with E-state index in [2.05, 4.69) is 10.5 Å². The molecule has 3 aromatic rings. The van der Waals surface area contributed by atoms with Crippen LogP contribution in [0, 0.1) is 6.92 Å². The van der Waals surface area contributed by atoms with Crippen molar-refractivity contribution < 1.29 is 23.8 Å². The summed E-state index contributed by atoms with van der Waals surface area (Å²) in [7, 11) is 1.58. The van der Waals surface area contributed by atoms with Gasteiger partial charge in [-0.05, 0) is 72.6 Å². The fourth-order valence-corrected chi connectivity index (χ4v) is 2.62. The van der Waals surface area contributed by atoms with Crippen molar-refractivity contribution in [1.29, 1.82) is 0 Å². The maximum absolute atomic E-state index is 12.2. The van der Waals surface area contributed by atoms with Crippen LogP contribution in [0.4, 0.5) is 0 Å². The molecule has 0 fully saturated rings. The minimum Gasteiger partial charge on any atom is -0.497 e. The maximum atomic E-state index is 12.2. The maximum Gasteiger partial charge on any atom is 0.343 e. The van der Waals surface area contributed by atoms with E-state index in [0.29, 0.717) is 22.8 Å². The monoisotopic (exact) mass is 418 g/mol. The van der Waals surface area contributed by atoms with Gasteiger partial charge in [-0.1, -0.05) is 18.2 Å². The molecule has 3 aromatic carbocycles. The van der Waals surface area contributed by atoms with Gasteiger partial charge in [0, 0.05) is 0 Å². The third-order valence-corrected chi connectivity index (χ3v) is 4.29. The fraction of sp³-hybridized carbons (Fsp3) is 0.125. The van der Waals surface area contributed by atoms with Crippen molar-refractivity contribution >= 4 is 18.1 Å². The lowest BCUT2D eigenvalue weighted by Crippen LogP contribution is -2.24. The zero-order chi connectivity index (χ0) is 22.1. The van der Waals surface area contributed by atoms with Gasteiger partial charge in [-0.2, -0.15) is 5.10 Å². The van der Waals surface area contributed by atoms with Crippen molar-refractivity contribution in [3.8, 4) is 17.2 Å². The minimum absolute atomic E-state index is 0.169. The largest absolute Gasteiger partial charge is 0.497 e. The predicted molar refractivity (Wildman–Crippen MR) is 117 cm³/mol. The molecule has 1 N–H and O–H groups in total. The number of nitrogens with one attached hydrogen (secondary N) is 1. The first-order valence-electron chi connectivity index (χ1n) is 9.52. The molecule has 1 amide bonds. The number of carbonyl (C=O) groups excluding carboxylic acids is 2. The summed E-state index contributed by atoms with van der Waals surface area (Å²) in [6.07, 6.45) is 1.48. The van der Waals surface area contributed by atoms with E-state index in [-0.39, 0.29) is 6.61 Å². The van der Waals surface area contributed by atoms with E-state index in [0.717, 1.165) is 11.1 Å². The first kappa shape index (κ1) is 21.6. The third kappa shape index (κ3) is 6.43.